The van der Waals surface area contributed by atoms with E-state index in [0.29, 0.717) is 22.8 Å². The molecular weight excluding hydrogens is 352 g/mol. The van der Waals surface area contributed by atoms with Crippen molar-refractivity contribution >= 4 is 34.8 Å². The number of hydrogen-bond acceptors (Lipinski definition) is 3. The van der Waals surface area contributed by atoms with Crippen molar-refractivity contribution in [1.82, 2.24) is 9.78 Å². The highest BCUT2D eigenvalue weighted by atomic mass is 35.5. The highest BCUT2D eigenvalue weighted by molar-refractivity contribution is 6.34. The molecule has 0 aliphatic carbocycles. The number of hydrogen-bond donors (Lipinski definition) is 2. The predicted octanol–water partition coefficient (Wildman–Crippen LogP) is 4.48. The van der Waals surface area contributed by atoms with Crippen molar-refractivity contribution in [3.05, 3.63) is 40.7 Å². The van der Waals surface area contributed by atoms with E-state index >= 15 is 0 Å². The Hall–Kier alpha value is -2.34. The van der Waals surface area contributed by atoms with Crippen LogP contribution >= 0.6 is 11.6 Å². The number of benzene rings is 1. The normalized spacial score (nSPS) is 11.9. The van der Waals surface area contributed by atoms with E-state index in [-0.39, 0.29) is 11.8 Å². The average Bonchev–Trinajstić information content (AvgIpc) is 2.93. The lowest BCUT2D eigenvalue weighted by Crippen LogP contribution is -2.25. The van der Waals surface area contributed by atoms with E-state index in [4.69, 9.17) is 11.6 Å². The van der Waals surface area contributed by atoms with E-state index in [1.807, 2.05) is 26.8 Å². The largest absolute Gasteiger partial charge is 0.326 e. The summed E-state index contributed by atoms with van der Waals surface area (Å²) in [6.45, 7) is 7.62. The Labute approximate surface area is 158 Å². The molecule has 1 aromatic heterocycles. The Bertz CT molecular complexity index is 801. The van der Waals surface area contributed by atoms with Gasteiger partial charge in [-0.1, -0.05) is 24.9 Å². The average molecular weight is 377 g/mol. The molecule has 140 valence electrons. The molecule has 2 N–H and O–H groups in total. The number of aromatic nitrogens is 2. The van der Waals surface area contributed by atoms with Crippen molar-refractivity contribution in [3.63, 3.8) is 0 Å². The fourth-order valence-electron chi connectivity index (χ4n) is 2.64. The number of rotatable bonds is 7. The number of amides is 2. The first-order chi connectivity index (χ1) is 12.3. The van der Waals surface area contributed by atoms with Gasteiger partial charge in [0.15, 0.2) is 0 Å². The minimum Gasteiger partial charge on any atom is -0.326 e. The highest BCUT2D eigenvalue weighted by Crippen LogP contribution is 2.26. The smallest absolute Gasteiger partial charge is 0.248 e. The molecule has 1 heterocycles. The number of aryl methyl sites for hydroxylation is 2. The molecule has 2 amide bonds. The lowest BCUT2D eigenvalue weighted by atomic mass is 10.2. The third-order valence-electron chi connectivity index (χ3n) is 4.06. The van der Waals surface area contributed by atoms with Gasteiger partial charge in [0.1, 0.15) is 6.04 Å². The number of halogens is 1. The lowest BCUT2D eigenvalue weighted by molar-refractivity contribution is -0.119. The molecule has 0 fully saturated rings. The Kier molecular flexibility index (Phi) is 6.80. The van der Waals surface area contributed by atoms with Crippen LogP contribution in [0.5, 0.6) is 0 Å². The summed E-state index contributed by atoms with van der Waals surface area (Å²) in [6, 6.07) is 6.50. The molecule has 0 saturated carbocycles. The fraction of sp³-hybridized carbons (Fsp3) is 0.421. The summed E-state index contributed by atoms with van der Waals surface area (Å²) >= 11 is 6.26. The number of unbranched alkanes of at least 4 members (excludes halogenated alkanes) is 1. The van der Waals surface area contributed by atoms with Gasteiger partial charge >= 0.3 is 0 Å². The molecule has 0 radical (unpaired) electrons. The minimum absolute atomic E-state index is 0.0437. The molecule has 0 aliphatic heterocycles. The first kappa shape index (κ1) is 20.0. The van der Waals surface area contributed by atoms with Gasteiger partial charge in [0.2, 0.25) is 11.8 Å². The Morgan fingerprint density at radius 1 is 1.23 bits per heavy atom. The van der Waals surface area contributed by atoms with E-state index in [1.54, 1.807) is 29.8 Å². The summed E-state index contributed by atoms with van der Waals surface area (Å²) in [5, 5.41) is 10.3. The molecular formula is C19H25ClN4O2. The van der Waals surface area contributed by atoms with Crippen molar-refractivity contribution in [3.8, 4) is 0 Å². The van der Waals surface area contributed by atoms with Gasteiger partial charge in [-0.15, -0.1) is 0 Å². The third-order valence-corrected chi connectivity index (χ3v) is 4.37. The number of anilines is 2. The zero-order valence-electron chi connectivity index (χ0n) is 15.6. The third kappa shape index (κ3) is 5.08. The van der Waals surface area contributed by atoms with Crippen LogP contribution in [0, 0.1) is 13.8 Å². The lowest BCUT2D eigenvalue weighted by Gasteiger charge is -2.16. The van der Waals surface area contributed by atoms with Crippen LogP contribution < -0.4 is 10.6 Å². The molecule has 1 atom stereocenters. The quantitative estimate of drug-likeness (QED) is 0.747. The van der Waals surface area contributed by atoms with Gasteiger partial charge in [-0.05, 0) is 51.5 Å². The molecule has 26 heavy (non-hydrogen) atoms. The second-order valence-electron chi connectivity index (χ2n) is 6.38. The molecule has 0 spiro atoms. The van der Waals surface area contributed by atoms with Crippen LogP contribution in [0.1, 0.15) is 50.5 Å². The zero-order chi connectivity index (χ0) is 19.3. The van der Waals surface area contributed by atoms with Crippen LogP contribution in [0.3, 0.4) is 0 Å². The van der Waals surface area contributed by atoms with Crippen LogP contribution in [0.15, 0.2) is 24.3 Å². The van der Waals surface area contributed by atoms with E-state index < -0.39 is 6.04 Å². The predicted molar refractivity (Wildman–Crippen MR) is 105 cm³/mol. The van der Waals surface area contributed by atoms with Gasteiger partial charge in [0.05, 0.1) is 16.4 Å². The SMILES string of the molecule is CCCCC(=O)Nc1ccc(NC(=O)C(C)n2nc(C)cc2C)c(Cl)c1. The Balaban J connectivity index is 2.04. The van der Waals surface area contributed by atoms with E-state index in [0.717, 1.165) is 24.2 Å². The van der Waals surface area contributed by atoms with Crippen molar-refractivity contribution < 1.29 is 9.59 Å². The summed E-state index contributed by atoms with van der Waals surface area (Å²) in [7, 11) is 0. The van der Waals surface area contributed by atoms with Crippen LogP contribution in [-0.4, -0.2) is 21.6 Å². The second kappa shape index (κ2) is 8.85. The summed E-state index contributed by atoms with van der Waals surface area (Å²) in [5.41, 5.74) is 2.89. The van der Waals surface area contributed by atoms with Crippen molar-refractivity contribution in [2.45, 2.75) is 53.0 Å². The zero-order valence-corrected chi connectivity index (χ0v) is 16.4. The molecule has 0 bridgehead atoms. The van der Waals surface area contributed by atoms with Gasteiger partial charge in [0, 0.05) is 17.8 Å². The van der Waals surface area contributed by atoms with E-state index in [9.17, 15) is 9.59 Å². The molecule has 2 aromatic rings. The summed E-state index contributed by atoms with van der Waals surface area (Å²) in [4.78, 5) is 24.3. The topological polar surface area (TPSA) is 76.0 Å². The Morgan fingerprint density at radius 2 is 1.96 bits per heavy atom. The Morgan fingerprint density at radius 3 is 2.54 bits per heavy atom. The molecule has 0 saturated heterocycles. The summed E-state index contributed by atoms with van der Waals surface area (Å²) in [5.74, 6) is -0.254. The molecule has 0 aliphatic rings. The van der Waals surface area contributed by atoms with Crippen LogP contribution in [0.2, 0.25) is 5.02 Å². The number of carbonyl (C=O) groups is 2. The number of nitrogens with zero attached hydrogens (tertiary/aromatic N) is 2. The fourth-order valence-corrected chi connectivity index (χ4v) is 2.87. The second-order valence-corrected chi connectivity index (χ2v) is 6.79. The van der Waals surface area contributed by atoms with Gasteiger partial charge in [-0.2, -0.15) is 5.10 Å². The highest BCUT2D eigenvalue weighted by Gasteiger charge is 2.19. The maximum absolute atomic E-state index is 12.5. The van der Waals surface area contributed by atoms with Crippen molar-refractivity contribution in [2.75, 3.05) is 10.6 Å². The van der Waals surface area contributed by atoms with Crippen LogP contribution in [0.4, 0.5) is 11.4 Å². The summed E-state index contributed by atoms with van der Waals surface area (Å²) in [6.07, 6.45) is 2.29. The molecule has 1 unspecified atom stereocenters. The monoisotopic (exact) mass is 376 g/mol. The molecule has 7 heteroatoms. The molecule has 2 rings (SSSR count). The molecule has 6 nitrogen and oxygen atoms in total. The summed E-state index contributed by atoms with van der Waals surface area (Å²) < 4.78 is 1.68. The van der Waals surface area contributed by atoms with Crippen LogP contribution in [-0.2, 0) is 9.59 Å². The van der Waals surface area contributed by atoms with Crippen molar-refractivity contribution in [2.24, 2.45) is 0 Å². The first-order valence-corrected chi connectivity index (χ1v) is 9.12. The van der Waals surface area contributed by atoms with Gasteiger partial charge in [-0.3, -0.25) is 14.3 Å². The van der Waals surface area contributed by atoms with Crippen LogP contribution in [0.25, 0.3) is 0 Å². The first-order valence-electron chi connectivity index (χ1n) is 8.74. The van der Waals surface area contributed by atoms with Gasteiger partial charge < -0.3 is 10.6 Å². The van der Waals surface area contributed by atoms with Gasteiger partial charge in [-0.25, -0.2) is 0 Å². The van der Waals surface area contributed by atoms with E-state index in [2.05, 4.69) is 15.7 Å². The van der Waals surface area contributed by atoms with Crippen molar-refractivity contribution in [1.29, 1.82) is 0 Å². The number of nitrogens with one attached hydrogen (secondary N) is 2. The maximum atomic E-state index is 12.5. The minimum atomic E-state index is -0.465. The standard InChI is InChI=1S/C19H25ClN4O2/c1-5-6-7-18(25)21-15-8-9-17(16(20)11-15)22-19(26)14(4)24-13(3)10-12(2)23-24/h8-11,14H,5-7H2,1-4H3,(H,21,25)(H,22,26). The van der Waals surface area contributed by atoms with E-state index in [1.165, 1.54) is 0 Å². The number of carbonyl (C=O) groups excluding carboxylic acids is 2. The maximum Gasteiger partial charge on any atom is 0.248 e. The molecule has 1 aromatic carbocycles. The van der Waals surface area contributed by atoms with Gasteiger partial charge in [0.25, 0.3) is 0 Å².